The number of benzene rings is 1. The van der Waals surface area contributed by atoms with Gasteiger partial charge in [0.15, 0.2) is 0 Å². The minimum absolute atomic E-state index is 0.242. The summed E-state index contributed by atoms with van der Waals surface area (Å²) in [6.07, 6.45) is 2.04. The zero-order valence-corrected chi connectivity index (χ0v) is 14.0. The molecule has 0 aromatic heterocycles. The second-order valence-electron chi connectivity index (χ2n) is 4.64. The van der Waals surface area contributed by atoms with Crippen LogP contribution in [0.5, 0.6) is 0 Å². The SMILES string of the molecule is CCNS(=O)(=O)c1ccc(N)c(N(C)C(C)CSC)c1. The minimum Gasteiger partial charge on any atom is -0.397 e. The van der Waals surface area contributed by atoms with Gasteiger partial charge in [0.05, 0.1) is 16.3 Å². The van der Waals surface area contributed by atoms with Gasteiger partial charge in [-0.3, -0.25) is 0 Å². The molecule has 0 aliphatic carbocycles. The van der Waals surface area contributed by atoms with E-state index in [1.165, 1.54) is 6.07 Å². The van der Waals surface area contributed by atoms with Gasteiger partial charge < -0.3 is 10.6 Å². The van der Waals surface area contributed by atoms with Gasteiger partial charge in [0.1, 0.15) is 0 Å². The lowest BCUT2D eigenvalue weighted by molar-refractivity contribution is 0.584. The van der Waals surface area contributed by atoms with E-state index in [4.69, 9.17) is 5.73 Å². The molecule has 0 spiro atoms. The van der Waals surface area contributed by atoms with E-state index >= 15 is 0 Å². The van der Waals surface area contributed by atoms with Gasteiger partial charge >= 0.3 is 0 Å². The third kappa shape index (κ3) is 4.04. The summed E-state index contributed by atoms with van der Waals surface area (Å²) in [5.41, 5.74) is 7.30. The Balaban J connectivity index is 3.15. The van der Waals surface area contributed by atoms with E-state index in [1.807, 2.05) is 18.2 Å². The van der Waals surface area contributed by atoms with Crippen LogP contribution >= 0.6 is 11.8 Å². The molecule has 0 fully saturated rings. The fraction of sp³-hybridized carbons (Fsp3) is 0.538. The van der Waals surface area contributed by atoms with Crippen LogP contribution in [0.3, 0.4) is 0 Å². The Morgan fingerprint density at radius 2 is 2.10 bits per heavy atom. The first kappa shape index (κ1) is 17.1. The van der Waals surface area contributed by atoms with E-state index in [2.05, 4.69) is 11.6 Å². The van der Waals surface area contributed by atoms with Crippen molar-refractivity contribution in [1.82, 2.24) is 4.72 Å². The highest BCUT2D eigenvalue weighted by Crippen LogP contribution is 2.27. The van der Waals surface area contributed by atoms with Crippen molar-refractivity contribution in [3.8, 4) is 0 Å². The number of anilines is 2. The second-order valence-corrected chi connectivity index (χ2v) is 7.31. The van der Waals surface area contributed by atoms with Gasteiger partial charge in [-0.1, -0.05) is 6.92 Å². The van der Waals surface area contributed by atoms with Gasteiger partial charge in [-0.15, -0.1) is 0 Å². The van der Waals surface area contributed by atoms with Crippen molar-refractivity contribution < 1.29 is 8.42 Å². The standard InChI is InChI=1S/C13H23N3O2S2/c1-5-15-20(17,18)11-6-7-12(14)13(8-11)16(3)10(2)9-19-4/h6-8,10,15H,5,9,14H2,1-4H3. The second kappa shape index (κ2) is 7.19. The van der Waals surface area contributed by atoms with Crippen molar-refractivity contribution in [3.63, 3.8) is 0 Å². The fourth-order valence-electron chi connectivity index (χ4n) is 1.86. The predicted molar refractivity (Wildman–Crippen MR) is 88.0 cm³/mol. The molecule has 3 N–H and O–H groups in total. The Labute approximate surface area is 126 Å². The molecular formula is C13H23N3O2S2. The van der Waals surface area contributed by atoms with E-state index < -0.39 is 10.0 Å². The number of thioether (sulfide) groups is 1. The van der Waals surface area contributed by atoms with Crippen LogP contribution in [-0.4, -0.2) is 40.1 Å². The predicted octanol–water partition coefficient (Wildman–Crippen LogP) is 1.75. The molecule has 1 unspecified atom stereocenters. The molecule has 0 bridgehead atoms. The maximum atomic E-state index is 12.0. The normalized spacial score (nSPS) is 13.2. The third-order valence-electron chi connectivity index (χ3n) is 3.10. The van der Waals surface area contributed by atoms with E-state index in [-0.39, 0.29) is 10.9 Å². The van der Waals surface area contributed by atoms with Gasteiger partial charge in [0, 0.05) is 25.4 Å². The Morgan fingerprint density at radius 1 is 1.45 bits per heavy atom. The summed E-state index contributed by atoms with van der Waals surface area (Å²) in [6, 6.07) is 5.07. The lowest BCUT2D eigenvalue weighted by Gasteiger charge is -2.28. The summed E-state index contributed by atoms with van der Waals surface area (Å²) >= 11 is 1.74. The molecule has 1 rings (SSSR count). The van der Waals surface area contributed by atoms with Crippen molar-refractivity contribution in [2.24, 2.45) is 0 Å². The van der Waals surface area contributed by atoms with Crippen molar-refractivity contribution in [3.05, 3.63) is 18.2 Å². The molecule has 5 nitrogen and oxygen atoms in total. The first-order valence-electron chi connectivity index (χ1n) is 6.44. The summed E-state index contributed by atoms with van der Waals surface area (Å²) in [5.74, 6) is 0.945. The molecule has 114 valence electrons. The highest BCUT2D eigenvalue weighted by molar-refractivity contribution is 7.98. The molecule has 0 radical (unpaired) electrons. The lowest BCUT2D eigenvalue weighted by atomic mass is 10.2. The molecular weight excluding hydrogens is 294 g/mol. The minimum atomic E-state index is -3.46. The Hall–Kier alpha value is -0.920. The van der Waals surface area contributed by atoms with Crippen molar-refractivity contribution >= 4 is 33.2 Å². The highest BCUT2D eigenvalue weighted by atomic mass is 32.2. The van der Waals surface area contributed by atoms with Crippen LogP contribution in [0.2, 0.25) is 0 Å². The maximum Gasteiger partial charge on any atom is 0.240 e. The summed E-state index contributed by atoms with van der Waals surface area (Å²) < 4.78 is 26.6. The van der Waals surface area contributed by atoms with Gasteiger partial charge in [0.2, 0.25) is 10.0 Å². The molecule has 20 heavy (non-hydrogen) atoms. The van der Waals surface area contributed by atoms with E-state index in [0.29, 0.717) is 12.2 Å². The zero-order valence-electron chi connectivity index (χ0n) is 12.4. The quantitative estimate of drug-likeness (QED) is 0.750. The zero-order chi connectivity index (χ0) is 15.3. The van der Waals surface area contributed by atoms with Crippen LogP contribution < -0.4 is 15.4 Å². The molecule has 1 aromatic rings. The van der Waals surface area contributed by atoms with Crippen LogP contribution in [0.25, 0.3) is 0 Å². The van der Waals surface area contributed by atoms with Gasteiger partial charge in [-0.25, -0.2) is 13.1 Å². The molecule has 0 aliphatic rings. The topological polar surface area (TPSA) is 75.4 Å². The van der Waals surface area contributed by atoms with Crippen LogP contribution in [-0.2, 0) is 10.0 Å². The molecule has 0 heterocycles. The molecule has 0 saturated carbocycles. The Bertz CT molecular complexity index is 547. The number of nitrogens with one attached hydrogen (secondary N) is 1. The number of nitrogens with zero attached hydrogens (tertiary/aromatic N) is 1. The van der Waals surface area contributed by atoms with Crippen molar-refractivity contribution in [2.45, 2.75) is 24.8 Å². The van der Waals surface area contributed by atoms with E-state index in [1.54, 1.807) is 30.8 Å². The number of rotatable bonds is 7. The molecule has 0 amide bonds. The van der Waals surface area contributed by atoms with Crippen LogP contribution in [0.15, 0.2) is 23.1 Å². The van der Waals surface area contributed by atoms with Crippen molar-refractivity contribution in [1.29, 1.82) is 0 Å². The van der Waals surface area contributed by atoms with Gasteiger partial charge in [0.25, 0.3) is 0 Å². The number of hydrogen-bond acceptors (Lipinski definition) is 5. The summed E-state index contributed by atoms with van der Waals surface area (Å²) in [7, 11) is -1.53. The molecule has 1 aromatic carbocycles. The molecule has 7 heteroatoms. The fourth-order valence-corrected chi connectivity index (χ4v) is 3.63. The van der Waals surface area contributed by atoms with Crippen LogP contribution in [0.4, 0.5) is 11.4 Å². The maximum absolute atomic E-state index is 12.0. The number of nitrogens with two attached hydrogens (primary N) is 1. The largest absolute Gasteiger partial charge is 0.397 e. The summed E-state index contributed by atoms with van der Waals surface area (Å²) in [5, 5.41) is 0. The number of nitrogen functional groups attached to an aromatic ring is 1. The van der Waals surface area contributed by atoms with E-state index in [0.717, 1.165) is 11.4 Å². The first-order valence-corrected chi connectivity index (χ1v) is 9.32. The Morgan fingerprint density at radius 3 is 2.65 bits per heavy atom. The molecule has 0 saturated heterocycles. The first-order chi connectivity index (χ1) is 9.33. The molecule has 1 atom stereocenters. The Kier molecular flexibility index (Phi) is 6.16. The van der Waals surface area contributed by atoms with Crippen LogP contribution in [0, 0.1) is 0 Å². The monoisotopic (exact) mass is 317 g/mol. The summed E-state index contributed by atoms with van der Waals surface area (Å²) in [4.78, 5) is 2.25. The van der Waals surface area contributed by atoms with Crippen LogP contribution in [0.1, 0.15) is 13.8 Å². The molecule has 0 aliphatic heterocycles. The smallest absolute Gasteiger partial charge is 0.240 e. The average Bonchev–Trinajstić information content (AvgIpc) is 2.38. The van der Waals surface area contributed by atoms with Gasteiger partial charge in [-0.2, -0.15) is 11.8 Å². The van der Waals surface area contributed by atoms with Crippen molar-refractivity contribution in [2.75, 3.05) is 36.2 Å². The number of hydrogen-bond donors (Lipinski definition) is 2. The third-order valence-corrected chi connectivity index (χ3v) is 5.45. The highest BCUT2D eigenvalue weighted by Gasteiger charge is 2.18. The number of sulfonamides is 1. The summed E-state index contributed by atoms with van der Waals surface area (Å²) in [6.45, 7) is 4.20. The average molecular weight is 317 g/mol. The van der Waals surface area contributed by atoms with E-state index in [9.17, 15) is 8.42 Å². The van der Waals surface area contributed by atoms with Gasteiger partial charge in [-0.05, 0) is 31.4 Å². The lowest BCUT2D eigenvalue weighted by Crippen LogP contribution is -2.32.